The summed E-state index contributed by atoms with van der Waals surface area (Å²) in [4.78, 5) is 24.1. The van der Waals surface area contributed by atoms with Gasteiger partial charge in [-0.3, -0.25) is 4.79 Å². The van der Waals surface area contributed by atoms with Gasteiger partial charge in [0.05, 0.1) is 12.5 Å². The van der Waals surface area contributed by atoms with Gasteiger partial charge in [0.15, 0.2) is 6.61 Å². The van der Waals surface area contributed by atoms with Crippen LogP contribution < -0.4 is 5.32 Å². The third-order valence-corrected chi connectivity index (χ3v) is 3.63. The Hall–Kier alpha value is -2.91. The van der Waals surface area contributed by atoms with Crippen LogP contribution in [-0.4, -0.2) is 18.5 Å². The lowest BCUT2D eigenvalue weighted by molar-refractivity contribution is -0.142. The van der Waals surface area contributed by atoms with E-state index >= 15 is 0 Å². The average Bonchev–Trinajstić information content (AvgIpc) is 3.06. The monoisotopic (exact) mass is 326 g/mol. The predicted octanol–water partition coefficient (Wildman–Crippen LogP) is 3.01. The van der Waals surface area contributed by atoms with Crippen LogP contribution in [-0.2, 0) is 20.7 Å². The van der Waals surface area contributed by atoms with Crippen molar-refractivity contribution < 1.29 is 14.3 Å². The first-order valence-electron chi connectivity index (χ1n) is 6.81. The fourth-order valence-corrected chi connectivity index (χ4v) is 2.33. The molecule has 2 aromatic rings. The Balaban J connectivity index is 1.76. The lowest BCUT2D eigenvalue weighted by atomic mass is 10.1. The number of amides is 1. The largest absolute Gasteiger partial charge is 0.452 e. The molecule has 2 rings (SSSR count). The van der Waals surface area contributed by atoms with Crippen LogP contribution in [0.2, 0.25) is 0 Å². The molecule has 0 aliphatic heterocycles. The number of anilines is 1. The van der Waals surface area contributed by atoms with E-state index in [-0.39, 0.29) is 6.61 Å². The van der Waals surface area contributed by atoms with Gasteiger partial charge in [-0.05, 0) is 35.2 Å². The molecular formula is C17H14N2O3S. The van der Waals surface area contributed by atoms with Crippen molar-refractivity contribution in [2.45, 2.75) is 6.42 Å². The maximum absolute atomic E-state index is 11.7. The van der Waals surface area contributed by atoms with Crippen molar-refractivity contribution in [1.29, 1.82) is 5.26 Å². The van der Waals surface area contributed by atoms with E-state index in [4.69, 9.17) is 10.00 Å². The first-order valence-corrected chi connectivity index (χ1v) is 7.69. The number of carbonyl (C=O) groups is 2. The fourth-order valence-electron chi connectivity index (χ4n) is 1.72. The molecule has 116 valence electrons. The number of thiophene rings is 1. The molecule has 1 heterocycles. The first-order chi connectivity index (χ1) is 11.2. The Morgan fingerprint density at radius 3 is 2.70 bits per heavy atom. The molecule has 0 spiro atoms. The molecule has 0 bridgehead atoms. The van der Waals surface area contributed by atoms with Crippen LogP contribution in [0.1, 0.15) is 10.4 Å². The van der Waals surface area contributed by atoms with E-state index in [2.05, 4.69) is 5.32 Å². The molecule has 0 aliphatic carbocycles. The number of nitrogens with one attached hydrogen (secondary N) is 1. The summed E-state index contributed by atoms with van der Waals surface area (Å²) in [5.41, 5.74) is 1.46. The number of nitrogens with zero attached hydrogens (tertiary/aromatic N) is 1. The van der Waals surface area contributed by atoms with E-state index in [1.807, 2.05) is 23.6 Å². The highest BCUT2D eigenvalue weighted by Gasteiger charge is 2.06. The van der Waals surface area contributed by atoms with Gasteiger partial charge in [0.2, 0.25) is 0 Å². The second-order valence-corrected chi connectivity index (χ2v) is 5.52. The van der Waals surface area contributed by atoms with Crippen LogP contribution in [0.15, 0.2) is 47.9 Å². The lowest BCUT2D eigenvalue weighted by Gasteiger charge is -2.05. The van der Waals surface area contributed by atoms with Crippen LogP contribution in [0, 0.1) is 11.3 Å². The molecule has 5 nitrogen and oxygen atoms in total. The Bertz CT molecular complexity index is 728. The molecule has 0 aliphatic rings. The zero-order valence-corrected chi connectivity index (χ0v) is 13.0. The third-order valence-electron chi connectivity index (χ3n) is 2.79. The van der Waals surface area contributed by atoms with Gasteiger partial charge < -0.3 is 10.1 Å². The van der Waals surface area contributed by atoms with Crippen LogP contribution in [0.3, 0.4) is 0 Å². The standard InChI is InChI=1S/C17H14N2O3S/c18-10-9-13-3-5-14(6-4-13)19-16(20)12-22-17(21)8-7-15-2-1-11-23-15/h1-8,11H,9,12H2,(H,19,20)/b8-7+. The number of rotatable bonds is 6. The molecule has 0 atom stereocenters. The number of hydrogen-bond donors (Lipinski definition) is 1. The molecule has 6 heteroatoms. The normalized spacial score (nSPS) is 10.2. The van der Waals surface area contributed by atoms with Gasteiger partial charge in [0.25, 0.3) is 5.91 Å². The number of nitriles is 1. The van der Waals surface area contributed by atoms with Crippen LogP contribution >= 0.6 is 11.3 Å². The minimum Gasteiger partial charge on any atom is -0.452 e. The minimum atomic E-state index is -0.571. The summed E-state index contributed by atoms with van der Waals surface area (Å²) in [6, 6.07) is 12.7. The molecule has 0 fully saturated rings. The van der Waals surface area contributed by atoms with E-state index in [1.54, 1.807) is 30.3 Å². The van der Waals surface area contributed by atoms with Crippen molar-refractivity contribution in [3.63, 3.8) is 0 Å². The maximum atomic E-state index is 11.7. The summed E-state index contributed by atoms with van der Waals surface area (Å²) in [6.45, 7) is -0.354. The van der Waals surface area contributed by atoms with Crippen molar-refractivity contribution in [2.75, 3.05) is 11.9 Å². The van der Waals surface area contributed by atoms with Gasteiger partial charge in [-0.2, -0.15) is 5.26 Å². The number of esters is 1. The molecule has 0 radical (unpaired) electrons. The SMILES string of the molecule is N#CCc1ccc(NC(=O)COC(=O)/C=C/c2cccs2)cc1. The Morgan fingerprint density at radius 1 is 1.26 bits per heavy atom. The highest BCUT2D eigenvalue weighted by Crippen LogP contribution is 2.11. The Morgan fingerprint density at radius 2 is 2.04 bits per heavy atom. The van der Waals surface area contributed by atoms with E-state index in [1.165, 1.54) is 17.4 Å². The molecule has 0 unspecified atom stereocenters. The van der Waals surface area contributed by atoms with Crippen LogP contribution in [0.4, 0.5) is 5.69 Å². The van der Waals surface area contributed by atoms with Crippen molar-refractivity contribution >= 4 is 35.0 Å². The fraction of sp³-hybridized carbons (Fsp3) is 0.118. The van der Waals surface area contributed by atoms with Crippen molar-refractivity contribution in [3.8, 4) is 6.07 Å². The summed E-state index contributed by atoms with van der Waals surface area (Å²) >= 11 is 1.50. The zero-order valence-electron chi connectivity index (χ0n) is 12.2. The number of ether oxygens (including phenoxy) is 1. The number of benzene rings is 1. The van der Waals surface area contributed by atoms with Gasteiger partial charge in [-0.1, -0.05) is 18.2 Å². The third kappa shape index (κ3) is 5.77. The number of hydrogen-bond acceptors (Lipinski definition) is 5. The van der Waals surface area contributed by atoms with Crippen LogP contribution in [0.25, 0.3) is 6.08 Å². The number of carbonyl (C=O) groups excluding carboxylic acids is 2. The van der Waals surface area contributed by atoms with Crippen molar-refractivity contribution in [3.05, 3.63) is 58.3 Å². The maximum Gasteiger partial charge on any atom is 0.331 e. The quantitative estimate of drug-likeness (QED) is 0.654. The topological polar surface area (TPSA) is 79.2 Å². The van der Waals surface area contributed by atoms with Crippen LogP contribution in [0.5, 0.6) is 0 Å². The lowest BCUT2D eigenvalue weighted by Crippen LogP contribution is -2.20. The summed E-state index contributed by atoms with van der Waals surface area (Å²) in [5.74, 6) is -0.992. The molecule has 0 saturated carbocycles. The van der Waals surface area contributed by atoms with E-state index in [0.29, 0.717) is 12.1 Å². The average molecular weight is 326 g/mol. The summed E-state index contributed by atoms with van der Waals surface area (Å²) in [6.07, 6.45) is 3.25. The molecular weight excluding hydrogens is 312 g/mol. The molecule has 1 aromatic heterocycles. The van der Waals surface area contributed by atoms with Gasteiger partial charge in [0, 0.05) is 16.6 Å². The molecule has 1 N–H and O–H groups in total. The zero-order chi connectivity index (χ0) is 16.5. The highest BCUT2D eigenvalue weighted by atomic mass is 32.1. The van der Waals surface area contributed by atoms with E-state index < -0.39 is 11.9 Å². The first kappa shape index (κ1) is 16.5. The summed E-state index contributed by atoms with van der Waals surface area (Å²) in [7, 11) is 0. The molecule has 23 heavy (non-hydrogen) atoms. The Labute approximate surface area is 137 Å². The second kappa shape index (κ2) is 8.51. The van der Waals surface area contributed by atoms with E-state index in [0.717, 1.165) is 10.4 Å². The molecule has 1 aromatic carbocycles. The second-order valence-electron chi connectivity index (χ2n) is 4.54. The molecule has 1 amide bonds. The van der Waals surface area contributed by atoms with Crippen molar-refractivity contribution in [1.82, 2.24) is 0 Å². The van der Waals surface area contributed by atoms with Gasteiger partial charge in [-0.25, -0.2) is 4.79 Å². The molecule has 0 saturated heterocycles. The van der Waals surface area contributed by atoms with Gasteiger partial charge >= 0.3 is 5.97 Å². The Kier molecular flexibility index (Phi) is 6.09. The van der Waals surface area contributed by atoms with Gasteiger partial charge in [-0.15, -0.1) is 11.3 Å². The predicted molar refractivity (Wildman–Crippen MR) is 88.7 cm³/mol. The minimum absolute atomic E-state index is 0.322. The summed E-state index contributed by atoms with van der Waals surface area (Å²) < 4.78 is 4.86. The smallest absolute Gasteiger partial charge is 0.331 e. The van der Waals surface area contributed by atoms with Gasteiger partial charge in [0.1, 0.15) is 0 Å². The highest BCUT2D eigenvalue weighted by molar-refractivity contribution is 7.10. The van der Waals surface area contributed by atoms with E-state index in [9.17, 15) is 9.59 Å². The summed E-state index contributed by atoms with van der Waals surface area (Å²) in [5, 5.41) is 13.1. The van der Waals surface area contributed by atoms with Crippen molar-refractivity contribution in [2.24, 2.45) is 0 Å².